The summed E-state index contributed by atoms with van der Waals surface area (Å²) < 4.78 is 4.95. The van der Waals surface area contributed by atoms with Gasteiger partial charge in [0.25, 0.3) is 0 Å². The summed E-state index contributed by atoms with van der Waals surface area (Å²) in [5.41, 5.74) is 5.17. The molecule has 0 atom stereocenters. The van der Waals surface area contributed by atoms with Crippen LogP contribution in [0.5, 0.6) is 0 Å². The quantitative estimate of drug-likeness (QED) is 0.212. The molecule has 0 amide bonds. The van der Waals surface area contributed by atoms with Gasteiger partial charge in [-0.05, 0) is 6.42 Å². The van der Waals surface area contributed by atoms with Crippen molar-refractivity contribution in [2.45, 2.75) is 110 Å². The number of nitrogens with two attached hydrogens (primary N) is 1. The molecule has 0 unspecified atom stereocenters. The van der Waals surface area contributed by atoms with Crippen molar-refractivity contribution in [3.05, 3.63) is 0 Å². The van der Waals surface area contributed by atoms with Crippen LogP contribution in [0, 0.1) is 0 Å². The predicted octanol–water partition coefficient (Wildman–Crippen LogP) is 5.10. The first kappa shape index (κ1) is 26.7. The van der Waals surface area contributed by atoms with Gasteiger partial charge in [0.05, 0.1) is 13.2 Å². The summed E-state index contributed by atoms with van der Waals surface area (Å²) >= 11 is 0. The second-order valence-electron chi connectivity index (χ2n) is 6.73. The minimum atomic E-state index is -0.286. The number of esters is 1. The zero-order valence-electron chi connectivity index (χ0n) is 15.6. The van der Waals surface area contributed by atoms with Crippen molar-refractivity contribution in [2.75, 3.05) is 13.2 Å². The first-order chi connectivity index (χ1) is 11.3. The Balaban J connectivity index is 0. The van der Waals surface area contributed by atoms with Crippen molar-refractivity contribution < 1.29 is 9.53 Å². The average Bonchev–Trinajstić information content (AvgIpc) is 2.57. The molecule has 4 heteroatoms. The van der Waals surface area contributed by atoms with E-state index in [1.165, 1.54) is 89.9 Å². The molecule has 0 aromatic rings. The van der Waals surface area contributed by atoms with Gasteiger partial charge in [-0.2, -0.15) is 0 Å². The monoisotopic (exact) mass is 351 g/mol. The molecule has 0 saturated carbocycles. The van der Waals surface area contributed by atoms with E-state index in [4.69, 9.17) is 10.5 Å². The van der Waals surface area contributed by atoms with Crippen LogP contribution < -0.4 is 5.73 Å². The number of unbranched alkanes of at least 4 members (excludes halogenated alkanes) is 15. The summed E-state index contributed by atoms with van der Waals surface area (Å²) in [6.45, 7) is 2.81. The molecular weight excluding hydrogens is 309 g/mol. The van der Waals surface area contributed by atoms with Crippen molar-refractivity contribution in [1.82, 2.24) is 0 Å². The third-order valence-electron chi connectivity index (χ3n) is 4.43. The average molecular weight is 352 g/mol. The maximum absolute atomic E-state index is 10.8. The van der Waals surface area contributed by atoms with E-state index in [1.54, 1.807) is 0 Å². The van der Waals surface area contributed by atoms with E-state index in [9.17, 15) is 4.79 Å². The summed E-state index contributed by atoms with van der Waals surface area (Å²) in [6.07, 6.45) is 21.7. The van der Waals surface area contributed by atoms with E-state index in [0.29, 0.717) is 6.61 Å². The third-order valence-corrected chi connectivity index (χ3v) is 4.43. The Labute approximate surface area is 173 Å². The van der Waals surface area contributed by atoms with Gasteiger partial charge in [-0.3, -0.25) is 4.79 Å². The fraction of sp³-hybridized carbons (Fsp3) is 0.950. The third kappa shape index (κ3) is 22.4. The molecule has 0 bridgehead atoms. The van der Waals surface area contributed by atoms with E-state index in [-0.39, 0.29) is 42.1 Å². The molecule has 3 nitrogen and oxygen atoms in total. The molecule has 0 aliphatic rings. The van der Waals surface area contributed by atoms with Crippen LogP contribution in [0.4, 0.5) is 0 Å². The van der Waals surface area contributed by atoms with Crippen LogP contribution in [0.2, 0.25) is 0 Å². The van der Waals surface area contributed by atoms with Gasteiger partial charge in [-0.15, -0.1) is 0 Å². The number of carbonyl (C=O) groups is 1. The summed E-state index contributed by atoms with van der Waals surface area (Å²) in [7, 11) is 0. The first-order valence-corrected chi connectivity index (χ1v) is 10.2. The first-order valence-electron chi connectivity index (χ1n) is 10.2. The predicted molar refractivity (Wildman–Crippen MR) is 107 cm³/mol. The molecular formula is C20H42NNaO2. The Morgan fingerprint density at radius 1 is 0.667 bits per heavy atom. The number of hydrogen-bond acceptors (Lipinski definition) is 3. The van der Waals surface area contributed by atoms with Crippen LogP contribution in [0.1, 0.15) is 110 Å². The zero-order valence-corrected chi connectivity index (χ0v) is 15.6. The molecule has 0 rings (SSSR count). The van der Waals surface area contributed by atoms with Crippen LogP contribution in [-0.2, 0) is 9.53 Å². The van der Waals surface area contributed by atoms with Gasteiger partial charge in [0.2, 0.25) is 0 Å². The molecule has 0 saturated heterocycles. The molecule has 24 heavy (non-hydrogen) atoms. The molecule has 0 aliphatic carbocycles. The van der Waals surface area contributed by atoms with Gasteiger partial charge in [0.15, 0.2) is 0 Å². The number of ether oxygens (including phenoxy) is 1. The second-order valence-corrected chi connectivity index (χ2v) is 6.73. The standard InChI is InChI=1S/C20H41NO2.Na.H/c1-2-3-4-5-6-7-8-9-10-11-12-13-14-15-16-17-18-23-20(22)19-21;;/h2-19,21H2,1H3;;. The molecule has 0 spiro atoms. The molecule has 140 valence electrons. The molecule has 0 aromatic carbocycles. The summed E-state index contributed by atoms with van der Waals surface area (Å²) in [6, 6.07) is 0. The summed E-state index contributed by atoms with van der Waals surface area (Å²) in [4.78, 5) is 10.8. The Bertz CT molecular complexity index is 250. The number of hydrogen-bond donors (Lipinski definition) is 1. The van der Waals surface area contributed by atoms with Crippen LogP contribution in [0.25, 0.3) is 0 Å². The number of carbonyl (C=O) groups excluding carboxylic acids is 1. The van der Waals surface area contributed by atoms with Crippen LogP contribution in [0.15, 0.2) is 0 Å². The summed E-state index contributed by atoms with van der Waals surface area (Å²) in [5.74, 6) is -0.286. The van der Waals surface area contributed by atoms with E-state index in [0.717, 1.165) is 12.8 Å². The van der Waals surface area contributed by atoms with Crippen molar-refractivity contribution in [3.8, 4) is 0 Å². The van der Waals surface area contributed by atoms with Crippen LogP contribution in [0.3, 0.4) is 0 Å². The van der Waals surface area contributed by atoms with Crippen molar-refractivity contribution >= 4 is 35.5 Å². The molecule has 0 heterocycles. The van der Waals surface area contributed by atoms with Crippen LogP contribution >= 0.6 is 0 Å². The van der Waals surface area contributed by atoms with Gasteiger partial charge in [0.1, 0.15) is 0 Å². The van der Waals surface area contributed by atoms with Gasteiger partial charge in [-0.25, -0.2) is 0 Å². The molecule has 0 aliphatic heterocycles. The SMILES string of the molecule is CCCCCCCCCCCCCCCCCCOC(=O)CN.[NaH]. The molecule has 0 aromatic heterocycles. The van der Waals surface area contributed by atoms with E-state index in [1.807, 2.05) is 0 Å². The topological polar surface area (TPSA) is 52.3 Å². The van der Waals surface area contributed by atoms with Crippen molar-refractivity contribution in [1.29, 1.82) is 0 Å². The van der Waals surface area contributed by atoms with E-state index < -0.39 is 0 Å². The van der Waals surface area contributed by atoms with Gasteiger partial charge >= 0.3 is 35.5 Å². The van der Waals surface area contributed by atoms with Gasteiger partial charge < -0.3 is 10.5 Å². The van der Waals surface area contributed by atoms with Gasteiger partial charge in [0, 0.05) is 0 Å². The van der Waals surface area contributed by atoms with E-state index >= 15 is 0 Å². The number of rotatable bonds is 18. The van der Waals surface area contributed by atoms with Crippen molar-refractivity contribution in [2.24, 2.45) is 5.73 Å². The molecule has 0 radical (unpaired) electrons. The summed E-state index contributed by atoms with van der Waals surface area (Å²) in [5, 5.41) is 0. The van der Waals surface area contributed by atoms with Gasteiger partial charge in [-0.1, -0.05) is 103 Å². The Hall–Kier alpha value is 0.430. The zero-order chi connectivity index (χ0) is 17.0. The molecule has 2 N–H and O–H groups in total. The Kier molecular flexibility index (Phi) is 26.0. The minimum absolute atomic E-state index is 0. The Morgan fingerprint density at radius 2 is 1.00 bits per heavy atom. The van der Waals surface area contributed by atoms with Crippen LogP contribution in [-0.4, -0.2) is 48.7 Å². The Morgan fingerprint density at radius 3 is 1.33 bits per heavy atom. The second kappa shape index (κ2) is 23.4. The fourth-order valence-electron chi connectivity index (χ4n) is 2.90. The fourth-order valence-corrected chi connectivity index (χ4v) is 2.90. The van der Waals surface area contributed by atoms with Crippen molar-refractivity contribution in [3.63, 3.8) is 0 Å². The normalized spacial score (nSPS) is 10.4. The van der Waals surface area contributed by atoms with E-state index in [2.05, 4.69) is 6.92 Å². The maximum atomic E-state index is 10.8. The molecule has 0 fully saturated rings.